The molecule has 8 nitrogen and oxygen atoms in total. The van der Waals surface area contributed by atoms with E-state index < -0.39 is 9.84 Å². The van der Waals surface area contributed by atoms with Crippen LogP contribution in [-0.4, -0.2) is 45.3 Å². The zero-order valence-electron chi connectivity index (χ0n) is 17.8. The summed E-state index contributed by atoms with van der Waals surface area (Å²) >= 11 is 0. The quantitative estimate of drug-likeness (QED) is 0.488. The van der Waals surface area contributed by atoms with Crippen molar-refractivity contribution in [3.05, 3.63) is 66.2 Å². The smallest absolute Gasteiger partial charge is 0.251 e. The van der Waals surface area contributed by atoms with Crippen molar-refractivity contribution in [1.29, 1.82) is 0 Å². The standard InChI is InChI=1S/C23H23N5O3S/c1-3-32(30,31)19-8-9-21-24-12-22(27(21)14-19)28-13-17(11-25-28)20-10-16(5-4-15(20)2)23(29)26-18-6-7-18/h4-5,8-14,18H,3,6-7H2,1-2H3,(H,26,29). The highest BCUT2D eigenvalue weighted by molar-refractivity contribution is 7.91. The lowest BCUT2D eigenvalue weighted by molar-refractivity contribution is 0.0951. The molecule has 1 aliphatic rings. The van der Waals surface area contributed by atoms with Gasteiger partial charge in [-0.15, -0.1) is 0 Å². The van der Waals surface area contributed by atoms with Gasteiger partial charge in [-0.3, -0.25) is 9.20 Å². The zero-order valence-corrected chi connectivity index (χ0v) is 18.6. The molecule has 164 valence electrons. The SMILES string of the molecule is CCS(=O)(=O)c1ccc2ncc(-n3cc(-c4cc(C(=O)NC5CC5)ccc4C)cn3)n2c1. The number of fused-ring (bicyclic) bond motifs is 1. The molecular weight excluding hydrogens is 426 g/mol. The molecule has 1 aromatic carbocycles. The van der Waals surface area contributed by atoms with Crippen molar-refractivity contribution in [2.75, 3.05) is 5.75 Å². The molecule has 1 saturated carbocycles. The van der Waals surface area contributed by atoms with Gasteiger partial charge in [-0.05, 0) is 55.2 Å². The van der Waals surface area contributed by atoms with E-state index in [4.69, 9.17) is 0 Å². The number of pyridine rings is 1. The molecule has 0 atom stereocenters. The summed E-state index contributed by atoms with van der Waals surface area (Å²) in [4.78, 5) is 17.1. The van der Waals surface area contributed by atoms with Gasteiger partial charge in [0.15, 0.2) is 15.7 Å². The van der Waals surface area contributed by atoms with E-state index in [1.165, 1.54) is 0 Å². The predicted octanol–water partition coefficient (Wildman–Crippen LogP) is 3.18. The van der Waals surface area contributed by atoms with Crippen molar-refractivity contribution < 1.29 is 13.2 Å². The molecule has 1 amide bonds. The van der Waals surface area contributed by atoms with Crippen molar-refractivity contribution in [1.82, 2.24) is 24.5 Å². The number of nitrogens with one attached hydrogen (secondary N) is 1. The fourth-order valence-corrected chi connectivity index (χ4v) is 4.50. The van der Waals surface area contributed by atoms with Gasteiger partial charge in [-0.25, -0.2) is 18.1 Å². The average molecular weight is 450 g/mol. The Bertz CT molecular complexity index is 1450. The summed E-state index contributed by atoms with van der Waals surface area (Å²) in [6.07, 6.45) is 8.90. The summed E-state index contributed by atoms with van der Waals surface area (Å²) < 4.78 is 28.0. The Balaban J connectivity index is 1.52. The largest absolute Gasteiger partial charge is 0.349 e. The van der Waals surface area contributed by atoms with E-state index >= 15 is 0 Å². The number of sulfone groups is 1. The molecule has 0 bridgehead atoms. The van der Waals surface area contributed by atoms with E-state index in [1.807, 2.05) is 31.3 Å². The van der Waals surface area contributed by atoms with Gasteiger partial charge in [0.2, 0.25) is 0 Å². The van der Waals surface area contributed by atoms with E-state index in [0.29, 0.717) is 23.1 Å². The minimum Gasteiger partial charge on any atom is -0.349 e. The Morgan fingerprint density at radius 2 is 1.97 bits per heavy atom. The van der Waals surface area contributed by atoms with Gasteiger partial charge >= 0.3 is 0 Å². The maximum absolute atomic E-state index is 12.5. The second-order valence-corrected chi connectivity index (χ2v) is 10.3. The third-order valence-corrected chi connectivity index (χ3v) is 7.46. The lowest BCUT2D eigenvalue weighted by Crippen LogP contribution is -2.25. The normalized spacial score (nSPS) is 14.1. The Labute approximate surface area is 185 Å². The monoisotopic (exact) mass is 449 g/mol. The molecule has 3 heterocycles. The van der Waals surface area contributed by atoms with E-state index in [0.717, 1.165) is 29.5 Å². The van der Waals surface area contributed by atoms with Gasteiger partial charge in [0.1, 0.15) is 5.65 Å². The van der Waals surface area contributed by atoms with E-state index in [9.17, 15) is 13.2 Å². The topological polar surface area (TPSA) is 98.4 Å². The Hall–Kier alpha value is -3.46. The zero-order chi connectivity index (χ0) is 22.5. The van der Waals surface area contributed by atoms with Crippen LogP contribution in [0.2, 0.25) is 0 Å². The minimum atomic E-state index is -3.34. The molecule has 3 aromatic heterocycles. The Morgan fingerprint density at radius 3 is 2.72 bits per heavy atom. The van der Waals surface area contributed by atoms with Crippen LogP contribution in [0.1, 0.15) is 35.7 Å². The van der Waals surface area contributed by atoms with Gasteiger partial charge in [0.05, 0.1) is 23.0 Å². The second kappa shape index (κ2) is 7.59. The Kier molecular flexibility index (Phi) is 4.85. The van der Waals surface area contributed by atoms with Gasteiger partial charge < -0.3 is 5.32 Å². The number of imidazole rings is 1. The number of carbonyl (C=O) groups excluding carboxylic acids is 1. The van der Waals surface area contributed by atoms with Crippen LogP contribution < -0.4 is 5.32 Å². The molecular formula is C23H23N5O3S. The van der Waals surface area contributed by atoms with Gasteiger partial charge in [0, 0.05) is 29.6 Å². The molecule has 0 saturated heterocycles. The summed E-state index contributed by atoms with van der Waals surface area (Å²) in [7, 11) is -3.34. The van der Waals surface area contributed by atoms with Gasteiger partial charge in [-0.1, -0.05) is 13.0 Å². The van der Waals surface area contributed by atoms with E-state index in [-0.39, 0.29) is 16.6 Å². The third kappa shape index (κ3) is 3.69. The summed E-state index contributed by atoms with van der Waals surface area (Å²) in [5.41, 5.74) is 4.05. The van der Waals surface area contributed by atoms with Gasteiger partial charge in [0.25, 0.3) is 5.91 Å². The maximum atomic E-state index is 12.5. The van der Waals surface area contributed by atoms with Crippen LogP contribution >= 0.6 is 0 Å². The number of aryl methyl sites for hydroxylation is 1. The van der Waals surface area contributed by atoms with Crippen molar-refractivity contribution >= 4 is 21.4 Å². The molecule has 32 heavy (non-hydrogen) atoms. The lowest BCUT2D eigenvalue weighted by atomic mass is 10.0. The highest BCUT2D eigenvalue weighted by atomic mass is 32.2. The first-order valence-electron chi connectivity index (χ1n) is 10.5. The number of hydrogen-bond acceptors (Lipinski definition) is 5. The number of nitrogens with zero attached hydrogens (tertiary/aromatic N) is 4. The fraction of sp³-hybridized carbons (Fsp3) is 0.261. The number of hydrogen-bond donors (Lipinski definition) is 1. The number of amides is 1. The average Bonchev–Trinajstić information content (AvgIpc) is 3.30. The van der Waals surface area contributed by atoms with Crippen molar-refractivity contribution in [2.24, 2.45) is 0 Å². The Morgan fingerprint density at radius 1 is 1.16 bits per heavy atom. The predicted molar refractivity (Wildman–Crippen MR) is 121 cm³/mol. The van der Waals surface area contributed by atoms with E-state index in [1.54, 1.807) is 46.7 Å². The first-order valence-corrected chi connectivity index (χ1v) is 12.2. The fourth-order valence-electron chi connectivity index (χ4n) is 3.63. The van der Waals surface area contributed by atoms with Crippen LogP contribution in [0.5, 0.6) is 0 Å². The molecule has 0 spiro atoms. The van der Waals surface area contributed by atoms with Crippen LogP contribution in [-0.2, 0) is 9.84 Å². The van der Waals surface area contributed by atoms with Crippen LogP contribution in [0.15, 0.2) is 60.0 Å². The molecule has 1 N–H and O–H groups in total. The highest BCUT2D eigenvalue weighted by Gasteiger charge is 2.24. The first-order chi connectivity index (χ1) is 15.4. The summed E-state index contributed by atoms with van der Waals surface area (Å²) in [5, 5.41) is 7.49. The number of rotatable bonds is 6. The summed E-state index contributed by atoms with van der Waals surface area (Å²) in [6, 6.07) is 9.20. The molecule has 9 heteroatoms. The summed E-state index contributed by atoms with van der Waals surface area (Å²) in [5.74, 6) is 0.588. The molecule has 4 aromatic rings. The second-order valence-electron chi connectivity index (χ2n) is 8.06. The molecule has 0 aliphatic heterocycles. The van der Waals surface area contributed by atoms with Crippen molar-refractivity contribution in [3.63, 3.8) is 0 Å². The van der Waals surface area contributed by atoms with Crippen LogP contribution in [0.25, 0.3) is 22.6 Å². The molecule has 1 fully saturated rings. The first kappa shape index (κ1) is 20.4. The third-order valence-electron chi connectivity index (χ3n) is 5.74. The van der Waals surface area contributed by atoms with Crippen molar-refractivity contribution in [3.8, 4) is 16.9 Å². The van der Waals surface area contributed by atoms with E-state index in [2.05, 4.69) is 15.4 Å². The number of carbonyl (C=O) groups is 1. The highest BCUT2D eigenvalue weighted by Crippen LogP contribution is 2.27. The minimum absolute atomic E-state index is 0.0262. The molecule has 0 unspecified atom stereocenters. The molecule has 1 aliphatic carbocycles. The number of aromatic nitrogens is 4. The van der Waals surface area contributed by atoms with Crippen LogP contribution in [0.3, 0.4) is 0 Å². The van der Waals surface area contributed by atoms with Crippen LogP contribution in [0, 0.1) is 6.92 Å². The van der Waals surface area contributed by atoms with Crippen molar-refractivity contribution in [2.45, 2.75) is 37.6 Å². The maximum Gasteiger partial charge on any atom is 0.251 e. The van der Waals surface area contributed by atoms with Crippen LogP contribution in [0.4, 0.5) is 0 Å². The molecule has 0 radical (unpaired) electrons. The number of benzene rings is 1. The van der Waals surface area contributed by atoms with Gasteiger partial charge in [-0.2, -0.15) is 5.10 Å². The molecule has 5 rings (SSSR count). The lowest BCUT2D eigenvalue weighted by Gasteiger charge is -2.08. The summed E-state index contributed by atoms with van der Waals surface area (Å²) in [6.45, 7) is 3.61.